The van der Waals surface area contributed by atoms with Crippen molar-refractivity contribution in [2.24, 2.45) is 0 Å². The normalized spacial score (nSPS) is 11.1. The Hall–Kier alpha value is -2.79. The molecule has 5 nitrogen and oxygen atoms in total. The molecule has 3 aromatic rings. The summed E-state index contributed by atoms with van der Waals surface area (Å²) in [6.07, 6.45) is 0. The first-order valence-electron chi connectivity index (χ1n) is 7.75. The van der Waals surface area contributed by atoms with Gasteiger partial charge in [0.1, 0.15) is 23.7 Å². The van der Waals surface area contributed by atoms with Crippen LogP contribution in [0.15, 0.2) is 57.7 Å². The van der Waals surface area contributed by atoms with Crippen molar-refractivity contribution in [3.63, 3.8) is 0 Å². The van der Waals surface area contributed by atoms with E-state index in [0.29, 0.717) is 29.0 Å². The van der Waals surface area contributed by atoms with Crippen LogP contribution in [0.3, 0.4) is 0 Å². The van der Waals surface area contributed by atoms with Gasteiger partial charge in [-0.3, -0.25) is 4.79 Å². The minimum Gasteiger partial charge on any atom is -0.492 e. The Morgan fingerprint density at radius 3 is 2.71 bits per heavy atom. The quantitative estimate of drug-likeness (QED) is 0.731. The molecule has 2 aromatic carbocycles. The number of benzene rings is 2. The highest BCUT2D eigenvalue weighted by Crippen LogP contribution is 2.27. The van der Waals surface area contributed by atoms with E-state index in [0.717, 1.165) is 17.9 Å². The maximum absolute atomic E-state index is 12.3. The van der Waals surface area contributed by atoms with Crippen LogP contribution in [0, 0.1) is 0 Å². The monoisotopic (exact) mass is 324 g/mol. The van der Waals surface area contributed by atoms with Crippen molar-refractivity contribution in [2.45, 2.75) is 0 Å². The Balaban J connectivity index is 1.94. The summed E-state index contributed by atoms with van der Waals surface area (Å²) in [5.41, 5.74) is 7.41. The Labute approximate surface area is 140 Å². The lowest BCUT2D eigenvalue weighted by atomic mass is 10.1. The summed E-state index contributed by atoms with van der Waals surface area (Å²) < 4.78 is 11.6. The van der Waals surface area contributed by atoms with E-state index in [9.17, 15) is 4.79 Å². The van der Waals surface area contributed by atoms with Crippen molar-refractivity contribution >= 4 is 16.7 Å². The van der Waals surface area contributed by atoms with Gasteiger partial charge in [0.2, 0.25) is 0 Å². The molecule has 0 atom stereocenters. The predicted octanol–water partition coefficient (Wildman–Crippen LogP) is 2.98. The molecule has 0 unspecified atom stereocenters. The lowest BCUT2D eigenvalue weighted by Gasteiger charge is -2.11. The van der Waals surface area contributed by atoms with Gasteiger partial charge in [0.25, 0.3) is 0 Å². The van der Waals surface area contributed by atoms with E-state index in [1.54, 1.807) is 18.2 Å². The van der Waals surface area contributed by atoms with Crippen LogP contribution in [-0.2, 0) is 0 Å². The smallest absolute Gasteiger partial charge is 0.195 e. The molecule has 124 valence electrons. The fraction of sp³-hybridized carbons (Fsp3) is 0.211. The van der Waals surface area contributed by atoms with Crippen molar-refractivity contribution in [2.75, 3.05) is 33.0 Å². The fourth-order valence-corrected chi connectivity index (χ4v) is 2.46. The maximum Gasteiger partial charge on any atom is 0.195 e. The molecule has 24 heavy (non-hydrogen) atoms. The molecule has 0 bridgehead atoms. The molecule has 0 saturated carbocycles. The third-order valence-electron chi connectivity index (χ3n) is 3.71. The second kappa shape index (κ2) is 6.76. The van der Waals surface area contributed by atoms with Gasteiger partial charge in [-0.05, 0) is 38.4 Å². The number of rotatable bonds is 5. The zero-order chi connectivity index (χ0) is 17.1. The number of ether oxygens (including phenoxy) is 1. The van der Waals surface area contributed by atoms with Gasteiger partial charge in [0.15, 0.2) is 5.43 Å². The standard InChI is InChI=1S/C19H20N2O3/c1-21(2)9-10-23-14-6-3-5-13(11-14)18-12-16(22)19-15(20)7-4-8-17(19)24-18/h3-8,11-12H,9-10,20H2,1-2H3. The SMILES string of the molecule is CN(C)CCOc1cccc(-c2cc(=O)c3c(N)cccc3o2)c1. The summed E-state index contributed by atoms with van der Waals surface area (Å²) >= 11 is 0. The van der Waals surface area contributed by atoms with Gasteiger partial charge in [-0.1, -0.05) is 18.2 Å². The van der Waals surface area contributed by atoms with Crippen molar-refractivity contribution in [1.29, 1.82) is 0 Å². The number of nitrogens with zero attached hydrogens (tertiary/aromatic N) is 1. The number of nitrogens with two attached hydrogens (primary N) is 1. The van der Waals surface area contributed by atoms with Crippen LogP contribution in [0.1, 0.15) is 0 Å². The Morgan fingerprint density at radius 1 is 1.12 bits per heavy atom. The van der Waals surface area contributed by atoms with Crippen LogP contribution < -0.4 is 15.9 Å². The highest BCUT2D eigenvalue weighted by atomic mass is 16.5. The molecule has 2 N–H and O–H groups in total. The summed E-state index contributed by atoms with van der Waals surface area (Å²) in [7, 11) is 3.99. The van der Waals surface area contributed by atoms with Crippen LogP contribution in [0.25, 0.3) is 22.3 Å². The summed E-state index contributed by atoms with van der Waals surface area (Å²) in [5, 5.41) is 0.416. The summed E-state index contributed by atoms with van der Waals surface area (Å²) in [6, 6.07) is 14.2. The van der Waals surface area contributed by atoms with Gasteiger partial charge < -0.3 is 19.8 Å². The first kappa shape index (κ1) is 16.1. The highest BCUT2D eigenvalue weighted by Gasteiger charge is 2.10. The van der Waals surface area contributed by atoms with Crippen molar-refractivity contribution in [1.82, 2.24) is 4.90 Å². The molecule has 0 spiro atoms. The van der Waals surface area contributed by atoms with Gasteiger partial charge >= 0.3 is 0 Å². The molecule has 0 fully saturated rings. The van der Waals surface area contributed by atoms with Gasteiger partial charge in [0.05, 0.1) is 5.39 Å². The van der Waals surface area contributed by atoms with E-state index in [4.69, 9.17) is 14.9 Å². The fourth-order valence-electron chi connectivity index (χ4n) is 2.46. The zero-order valence-electron chi connectivity index (χ0n) is 13.8. The number of anilines is 1. The average Bonchev–Trinajstić information content (AvgIpc) is 2.54. The number of hydrogen-bond donors (Lipinski definition) is 1. The topological polar surface area (TPSA) is 68.7 Å². The second-order valence-electron chi connectivity index (χ2n) is 5.87. The second-order valence-corrected chi connectivity index (χ2v) is 5.87. The van der Waals surface area contributed by atoms with Gasteiger partial charge in [-0.15, -0.1) is 0 Å². The van der Waals surface area contributed by atoms with E-state index in [-0.39, 0.29) is 5.43 Å². The van der Waals surface area contributed by atoms with Crippen molar-refractivity contribution < 1.29 is 9.15 Å². The molecule has 0 aliphatic heterocycles. The first-order valence-corrected chi connectivity index (χ1v) is 7.75. The zero-order valence-corrected chi connectivity index (χ0v) is 13.8. The number of nitrogen functional groups attached to an aromatic ring is 1. The maximum atomic E-state index is 12.3. The molecular weight excluding hydrogens is 304 g/mol. The predicted molar refractivity (Wildman–Crippen MR) is 96.4 cm³/mol. The van der Waals surface area contributed by atoms with E-state index >= 15 is 0 Å². The number of hydrogen-bond acceptors (Lipinski definition) is 5. The lowest BCUT2D eigenvalue weighted by molar-refractivity contribution is 0.261. The van der Waals surface area contributed by atoms with Crippen molar-refractivity contribution in [3.8, 4) is 17.1 Å². The third-order valence-corrected chi connectivity index (χ3v) is 3.71. The van der Waals surface area contributed by atoms with Crippen LogP contribution in [-0.4, -0.2) is 32.1 Å². The Morgan fingerprint density at radius 2 is 1.92 bits per heavy atom. The van der Waals surface area contributed by atoms with Gasteiger partial charge in [-0.25, -0.2) is 0 Å². The van der Waals surface area contributed by atoms with E-state index < -0.39 is 0 Å². The summed E-state index contributed by atoms with van der Waals surface area (Å²) in [5.74, 6) is 1.24. The minimum absolute atomic E-state index is 0.150. The molecule has 0 aliphatic carbocycles. The first-order chi connectivity index (χ1) is 11.5. The molecule has 1 aromatic heterocycles. The molecule has 0 radical (unpaired) electrons. The molecular formula is C19H20N2O3. The van der Waals surface area contributed by atoms with Crippen LogP contribution in [0.5, 0.6) is 5.75 Å². The van der Waals surface area contributed by atoms with Gasteiger partial charge in [-0.2, -0.15) is 0 Å². The highest BCUT2D eigenvalue weighted by molar-refractivity contribution is 5.89. The van der Waals surface area contributed by atoms with E-state index in [1.165, 1.54) is 6.07 Å². The Kier molecular flexibility index (Phi) is 4.53. The molecule has 1 heterocycles. The Bertz CT molecular complexity index is 916. The molecule has 5 heteroatoms. The lowest BCUT2D eigenvalue weighted by Crippen LogP contribution is -2.19. The average molecular weight is 324 g/mol. The minimum atomic E-state index is -0.150. The molecule has 0 saturated heterocycles. The molecule has 0 aliphatic rings. The molecule has 0 amide bonds. The van der Waals surface area contributed by atoms with Crippen molar-refractivity contribution in [3.05, 3.63) is 58.8 Å². The van der Waals surface area contributed by atoms with E-state index in [2.05, 4.69) is 4.90 Å². The third kappa shape index (κ3) is 3.41. The van der Waals surface area contributed by atoms with E-state index in [1.807, 2.05) is 38.4 Å². The van der Waals surface area contributed by atoms with Crippen LogP contribution in [0.4, 0.5) is 5.69 Å². The van der Waals surface area contributed by atoms with Crippen LogP contribution in [0.2, 0.25) is 0 Å². The summed E-state index contributed by atoms with van der Waals surface area (Å²) in [4.78, 5) is 14.4. The number of likely N-dealkylation sites (N-methyl/N-ethyl adjacent to an activating group) is 1. The number of fused-ring (bicyclic) bond motifs is 1. The summed E-state index contributed by atoms with van der Waals surface area (Å²) in [6.45, 7) is 1.42. The van der Waals surface area contributed by atoms with Crippen LogP contribution >= 0.6 is 0 Å². The van der Waals surface area contributed by atoms with Gasteiger partial charge in [0, 0.05) is 23.9 Å². The largest absolute Gasteiger partial charge is 0.492 e. The molecule has 3 rings (SSSR count).